The Kier molecular flexibility index (Phi) is 8.25. The molecule has 0 fully saturated rings. The predicted octanol–water partition coefficient (Wildman–Crippen LogP) is 5.95. The first-order chi connectivity index (χ1) is 11.6. The Morgan fingerprint density at radius 2 is 1.58 bits per heavy atom. The molecular formula is C22H31NO. The Morgan fingerprint density at radius 1 is 0.917 bits per heavy atom. The lowest BCUT2D eigenvalue weighted by Gasteiger charge is -2.30. The van der Waals surface area contributed by atoms with Crippen LogP contribution >= 0.6 is 0 Å². The van der Waals surface area contributed by atoms with Gasteiger partial charge in [-0.05, 0) is 50.5 Å². The van der Waals surface area contributed by atoms with Crippen molar-refractivity contribution in [3.63, 3.8) is 0 Å². The molecule has 2 aromatic carbocycles. The summed E-state index contributed by atoms with van der Waals surface area (Å²) in [7, 11) is 0. The van der Waals surface area contributed by atoms with E-state index in [0.29, 0.717) is 0 Å². The maximum Gasteiger partial charge on any atom is 0.258 e. The molecule has 2 nitrogen and oxygen atoms in total. The van der Waals surface area contributed by atoms with E-state index in [1.807, 2.05) is 63.8 Å². The van der Waals surface area contributed by atoms with E-state index in [1.165, 1.54) is 11.1 Å². The van der Waals surface area contributed by atoms with Crippen molar-refractivity contribution in [1.29, 1.82) is 0 Å². The Bertz CT molecular complexity index is 661. The van der Waals surface area contributed by atoms with Crippen molar-refractivity contribution in [2.24, 2.45) is 0 Å². The number of hydrogen-bond donors (Lipinski definition) is 0. The lowest BCUT2D eigenvalue weighted by molar-refractivity contribution is 0.0985. The average molecular weight is 325 g/mol. The molecule has 0 radical (unpaired) electrons. The second-order valence-corrected chi connectivity index (χ2v) is 5.56. The van der Waals surface area contributed by atoms with Crippen molar-refractivity contribution >= 4 is 11.6 Å². The highest BCUT2D eigenvalue weighted by Crippen LogP contribution is 2.29. The molecular weight excluding hydrogens is 294 g/mol. The highest BCUT2D eigenvalue weighted by molar-refractivity contribution is 6.06. The molecule has 2 heteroatoms. The fourth-order valence-electron chi connectivity index (χ4n) is 2.87. The van der Waals surface area contributed by atoms with Gasteiger partial charge in [-0.1, -0.05) is 63.1 Å². The van der Waals surface area contributed by atoms with Crippen LogP contribution in [-0.4, -0.2) is 12.5 Å². The largest absolute Gasteiger partial charge is 0.308 e. The molecule has 0 spiro atoms. The minimum atomic E-state index is 0.110. The van der Waals surface area contributed by atoms with E-state index in [-0.39, 0.29) is 5.91 Å². The number of fused-ring (bicyclic) bond motifs is 1. The van der Waals surface area contributed by atoms with E-state index in [9.17, 15) is 4.79 Å². The molecule has 2 aromatic rings. The van der Waals surface area contributed by atoms with Gasteiger partial charge in [-0.2, -0.15) is 0 Å². The third-order valence-corrected chi connectivity index (χ3v) is 3.86. The van der Waals surface area contributed by atoms with Gasteiger partial charge in [-0.25, -0.2) is 0 Å². The number of hydrogen-bond acceptors (Lipinski definition) is 1. The van der Waals surface area contributed by atoms with Crippen LogP contribution in [0, 0.1) is 13.8 Å². The minimum Gasteiger partial charge on any atom is -0.308 e. The Hall–Kier alpha value is -2.09. The fraction of sp³-hybridized carbons (Fsp3) is 0.409. The van der Waals surface area contributed by atoms with Crippen LogP contribution < -0.4 is 4.90 Å². The lowest BCUT2D eigenvalue weighted by Crippen LogP contribution is -2.35. The molecule has 0 saturated heterocycles. The zero-order valence-corrected chi connectivity index (χ0v) is 16.0. The zero-order valence-electron chi connectivity index (χ0n) is 16.0. The van der Waals surface area contributed by atoms with Gasteiger partial charge in [-0.3, -0.25) is 4.79 Å². The van der Waals surface area contributed by atoms with Gasteiger partial charge < -0.3 is 4.90 Å². The van der Waals surface area contributed by atoms with E-state index in [4.69, 9.17) is 0 Å². The average Bonchev–Trinajstić information content (AvgIpc) is 2.63. The fourth-order valence-corrected chi connectivity index (χ4v) is 2.87. The molecule has 1 aliphatic rings. The number of amides is 1. The summed E-state index contributed by atoms with van der Waals surface area (Å²) in [4.78, 5) is 14.6. The topological polar surface area (TPSA) is 20.3 Å². The predicted molar refractivity (Wildman–Crippen MR) is 105 cm³/mol. The molecule has 24 heavy (non-hydrogen) atoms. The van der Waals surface area contributed by atoms with Crippen molar-refractivity contribution in [2.75, 3.05) is 11.4 Å². The standard InChI is InChI=1S/C18H19NO.2C2H6/c1-13-5-3-6-16(12-13)18(20)19-10-4-7-15-11-14(2)8-9-17(15)19;2*1-2/h3,5-6,8-9,11-12H,4,7,10H2,1-2H3;2*1-2H3. The molecule has 0 saturated carbocycles. The molecule has 0 unspecified atom stereocenters. The number of carbonyl (C=O) groups is 1. The number of rotatable bonds is 1. The molecule has 3 rings (SSSR count). The van der Waals surface area contributed by atoms with E-state index >= 15 is 0 Å². The van der Waals surface area contributed by atoms with Gasteiger partial charge in [0.05, 0.1) is 0 Å². The van der Waals surface area contributed by atoms with Gasteiger partial charge in [0.15, 0.2) is 0 Å². The van der Waals surface area contributed by atoms with Crippen LogP contribution in [-0.2, 0) is 6.42 Å². The molecule has 0 bridgehead atoms. The van der Waals surface area contributed by atoms with Crippen molar-refractivity contribution in [2.45, 2.75) is 54.4 Å². The smallest absolute Gasteiger partial charge is 0.258 e. The maximum atomic E-state index is 12.7. The van der Waals surface area contributed by atoms with Crippen LogP contribution in [0.25, 0.3) is 0 Å². The molecule has 1 aliphatic heterocycles. The van der Waals surface area contributed by atoms with Gasteiger partial charge in [0, 0.05) is 17.8 Å². The van der Waals surface area contributed by atoms with E-state index in [2.05, 4.69) is 25.1 Å². The third kappa shape index (κ3) is 4.70. The Balaban J connectivity index is 0.000000671. The SMILES string of the molecule is CC.CC.Cc1cccc(C(=O)N2CCCc3cc(C)ccc32)c1. The van der Waals surface area contributed by atoms with E-state index < -0.39 is 0 Å². The van der Waals surface area contributed by atoms with Gasteiger partial charge >= 0.3 is 0 Å². The number of anilines is 1. The quantitative estimate of drug-likeness (QED) is 0.634. The normalized spacial score (nSPS) is 12.2. The Labute approximate surface area is 147 Å². The first kappa shape index (κ1) is 20.0. The third-order valence-electron chi connectivity index (χ3n) is 3.86. The van der Waals surface area contributed by atoms with E-state index in [0.717, 1.165) is 36.2 Å². The number of aryl methyl sites for hydroxylation is 3. The summed E-state index contributed by atoms with van der Waals surface area (Å²) in [5.41, 5.74) is 5.52. The lowest BCUT2D eigenvalue weighted by atomic mass is 9.98. The molecule has 0 aromatic heterocycles. The highest BCUT2D eigenvalue weighted by Gasteiger charge is 2.23. The van der Waals surface area contributed by atoms with Crippen LogP contribution in [0.15, 0.2) is 42.5 Å². The second-order valence-electron chi connectivity index (χ2n) is 5.56. The molecule has 130 valence electrons. The zero-order chi connectivity index (χ0) is 18.1. The summed E-state index contributed by atoms with van der Waals surface area (Å²) in [6.45, 7) is 12.9. The molecule has 0 N–H and O–H groups in total. The molecule has 1 heterocycles. The maximum absolute atomic E-state index is 12.7. The monoisotopic (exact) mass is 325 g/mol. The second kappa shape index (κ2) is 9.92. The van der Waals surface area contributed by atoms with Crippen molar-refractivity contribution in [1.82, 2.24) is 0 Å². The molecule has 0 atom stereocenters. The van der Waals surface area contributed by atoms with Gasteiger partial charge in [0.25, 0.3) is 5.91 Å². The summed E-state index contributed by atoms with van der Waals surface area (Å²) in [5, 5.41) is 0. The van der Waals surface area contributed by atoms with Crippen molar-refractivity contribution < 1.29 is 4.79 Å². The van der Waals surface area contributed by atoms with Crippen LogP contribution in [0.2, 0.25) is 0 Å². The molecule has 1 amide bonds. The first-order valence-corrected chi connectivity index (χ1v) is 9.13. The summed E-state index contributed by atoms with van der Waals surface area (Å²) in [6, 6.07) is 14.2. The Morgan fingerprint density at radius 3 is 2.25 bits per heavy atom. The van der Waals surface area contributed by atoms with Crippen molar-refractivity contribution in [3.8, 4) is 0 Å². The van der Waals surface area contributed by atoms with Crippen LogP contribution in [0.5, 0.6) is 0 Å². The van der Waals surface area contributed by atoms with Gasteiger partial charge in [-0.15, -0.1) is 0 Å². The van der Waals surface area contributed by atoms with Gasteiger partial charge in [0.1, 0.15) is 0 Å². The molecule has 0 aliphatic carbocycles. The van der Waals surface area contributed by atoms with E-state index in [1.54, 1.807) is 0 Å². The highest BCUT2D eigenvalue weighted by atomic mass is 16.2. The summed E-state index contributed by atoms with van der Waals surface area (Å²) < 4.78 is 0. The summed E-state index contributed by atoms with van der Waals surface area (Å²) >= 11 is 0. The van der Waals surface area contributed by atoms with Crippen molar-refractivity contribution in [3.05, 3.63) is 64.7 Å². The van der Waals surface area contributed by atoms with Gasteiger partial charge in [0.2, 0.25) is 0 Å². The number of nitrogens with zero attached hydrogens (tertiary/aromatic N) is 1. The van der Waals surface area contributed by atoms with Crippen LogP contribution in [0.4, 0.5) is 5.69 Å². The van der Waals surface area contributed by atoms with Crippen LogP contribution in [0.1, 0.15) is 61.2 Å². The first-order valence-electron chi connectivity index (χ1n) is 9.13. The minimum absolute atomic E-state index is 0.110. The number of benzene rings is 2. The summed E-state index contributed by atoms with van der Waals surface area (Å²) in [5.74, 6) is 0.110. The van der Waals surface area contributed by atoms with Crippen LogP contribution in [0.3, 0.4) is 0 Å². The summed E-state index contributed by atoms with van der Waals surface area (Å²) in [6.07, 6.45) is 2.10. The number of carbonyl (C=O) groups excluding carboxylic acids is 1.